The summed E-state index contributed by atoms with van der Waals surface area (Å²) in [6.45, 7) is 3.95. The van der Waals surface area contributed by atoms with E-state index in [2.05, 4.69) is 20.0 Å². The summed E-state index contributed by atoms with van der Waals surface area (Å²) < 4.78 is 48.6. The van der Waals surface area contributed by atoms with Gasteiger partial charge < -0.3 is 19.4 Å². The zero-order valence-corrected chi connectivity index (χ0v) is 15.6. The molecule has 3 aromatic rings. The second-order valence-corrected chi connectivity index (χ2v) is 7.40. The van der Waals surface area contributed by atoms with Gasteiger partial charge in [-0.05, 0) is 13.0 Å². The highest BCUT2D eigenvalue weighted by atomic mass is 35.5. The van der Waals surface area contributed by atoms with Crippen LogP contribution in [0, 0.1) is 0 Å². The molecule has 1 aliphatic rings. The average molecular weight is 419 g/mol. The molecular weight excluding hydrogens is 405 g/mol. The first kappa shape index (κ1) is 18.3. The number of nitrogens with zero attached hydrogens (tertiary/aromatic N) is 3. The molecule has 0 amide bonds. The molecule has 1 aliphatic heterocycles. The smallest absolute Gasteiger partial charge is 0.422 e. The molecule has 0 radical (unpaired) electrons. The Kier molecular flexibility index (Phi) is 4.65. The number of nitrogens with one attached hydrogen (secondary N) is 1. The number of aromatic nitrogens is 2. The van der Waals surface area contributed by atoms with E-state index in [9.17, 15) is 13.2 Å². The number of benzene rings is 1. The zero-order chi connectivity index (χ0) is 19.2. The van der Waals surface area contributed by atoms with Crippen molar-refractivity contribution in [2.24, 2.45) is 0 Å². The van der Waals surface area contributed by atoms with Crippen LogP contribution in [0.1, 0.15) is 6.92 Å². The third kappa shape index (κ3) is 3.69. The lowest BCUT2D eigenvalue weighted by Crippen LogP contribution is -2.49. The van der Waals surface area contributed by atoms with Gasteiger partial charge in [-0.3, -0.25) is 0 Å². The van der Waals surface area contributed by atoms with E-state index >= 15 is 0 Å². The van der Waals surface area contributed by atoms with E-state index in [1.54, 1.807) is 11.6 Å². The van der Waals surface area contributed by atoms with Crippen molar-refractivity contribution in [3.8, 4) is 16.3 Å². The van der Waals surface area contributed by atoms with E-state index in [0.717, 1.165) is 0 Å². The summed E-state index contributed by atoms with van der Waals surface area (Å²) >= 11 is 7.42. The van der Waals surface area contributed by atoms with Crippen LogP contribution in [-0.4, -0.2) is 42.0 Å². The third-order valence-corrected chi connectivity index (χ3v) is 5.17. The van der Waals surface area contributed by atoms with Crippen LogP contribution in [0.5, 0.6) is 5.75 Å². The standard InChI is InChI=1S/C16H14ClF3N4O2S/c1-8-7-24(4-2-21-8)15-23-11-12(25-15)9(14-22-3-5-27-14)6-10(17)13(11)26-16(18,19)20/h3,5-6,8,21H,2,4,7H2,1H3/t8-/m0/s1. The van der Waals surface area contributed by atoms with Gasteiger partial charge >= 0.3 is 6.36 Å². The van der Waals surface area contributed by atoms with Gasteiger partial charge in [0.25, 0.3) is 6.01 Å². The monoisotopic (exact) mass is 418 g/mol. The highest BCUT2D eigenvalue weighted by Crippen LogP contribution is 2.44. The minimum absolute atomic E-state index is 0.0776. The highest BCUT2D eigenvalue weighted by Gasteiger charge is 2.35. The third-order valence-electron chi connectivity index (χ3n) is 4.08. The molecule has 1 fully saturated rings. The molecule has 1 saturated heterocycles. The minimum Gasteiger partial charge on any atom is -0.422 e. The number of alkyl halides is 3. The maximum absolute atomic E-state index is 12.9. The number of halogens is 4. The SMILES string of the molecule is C[C@H]1CN(c2nc3c(OC(F)(F)F)c(Cl)cc(-c4nccs4)c3o2)CCN1. The molecule has 3 heterocycles. The molecular formula is C16H14ClF3N4O2S. The Labute approximate surface area is 160 Å². The van der Waals surface area contributed by atoms with E-state index in [0.29, 0.717) is 30.2 Å². The van der Waals surface area contributed by atoms with Gasteiger partial charge in [-0.2, -0.15) is 4.98 Å². The molecule has 11 heteroatoms. The molecule has 6 nitrogen and oxygen atoms in total. The van der Waals surface area contributed by atoms with Gasteiger partial charge in [-0.25, -0.2) is 4.98 Å². The number of piperazine rings is 1. The second-order valence-electron chi connectivity index (χ2n) is 6.10. The van der Waals surface area contributed by atoms with E-state index in [1.807, 2.05) is 11.8 Å². The quantitative estimate of drug-likeness (QED) is 0.684. The van der Waals surface area contributed by atoms with E-state index in [4.69, 9.17) is 16.0 Å². The Morgan fingerprint density at radius 2 is 2.26 bits per heavy atom. The maximum Gasteiger partial charge on any atom is 0.573 e. The van der Waals surface area contributed by atoms with Crippen molar-refractivity contribution in [3.05, 3.63) is 22.7 Å². The van der Waals surface area contributed by atoms with Gasteiger partial charge in [-0.15, -0.1) is 24.5 Å². The van der Waals surface area contributed by atoms with Crippen LogP contribution in [0.25, 0.3) is 21.7 Å². The molecule has 2 aromatic heterocycles. The Morgan fingerprint density at radius 3 is 2.93 bits per heavy atom. The summed E-state index contributed by atoms with van der Waals surface area (Å²) in [5.74, 6) is -0.572. The predicted octanol–water partition coefficient (Wildman–Crippen LogP) is 4.30. The normalized spacial score (nSPS) is 18.3. The molecule has 1 N–H and O–H groups in total. The molecule has 0 saturated carbocycles. The molecule has 0 aliphatic carbocycles. The van der Waals surface area contributed by atoms with Crippen molar-refractivity contribution in [2.75, 3.05) is 24.5 Å². The number of anilines is 1. The number of hydrogen-bond donors (Lipinski definition) is 1. The van der Waals surface area contributed by atoms with Crippen molar-refractivity contribution in [2.45, 2.75) is 19.3 Å². The van der Waals surface area contributed by atoms with E-state index < -0.39 is 12.1 Å². The van der Waals surface area contributed by atoms with Gasteiger partial charge in [0, 0.05) is 37.3 Å². The number of fused-ring (bicyclic) bond motifs is 1. The van der Waals surface area contributed by atoms with Crippen LogP contribution in [-0.2, 0) is 0 Å². The van der Waals surface area contributed by atoms with Crippen LogP contribution >= 0.6 is 22.9 Å². The molecule has 0 spiro atoms. The fraction of sp³-hybridized carbons (Fsp3) is 0.375. The topological polar surface area (TPSA) is 63.4 Å². The summed E-state index contributed by atoms with van der Waals surface area (Å²) in [5.41, 5.74) is 0.558. The van der Waals surface area contributed by atoms with Crippen LogP contribution in [0.4, 0.5) is 19.2 Å². The average Bonchev–Trinajstić information content (AvgIpc) is 3.26. The van der Waals surface area contributed by atoms with Crippen molar-refractivity contribution in [3.63, 3.8) is 0 Å². The number of thiazole rings is 1. The first-order chi connectivity index (χ1) is 12.8. The number of oxazole rings is 1. The van der Waals surface area contributed by atoms with E-state index in [1.165, 1.54) is 17.4 Å². The Balaban J connectivity index is 1.88. The molecule has 4 rings (SSSR count). The largest absolute Gasteiger partial charge is 0.573 e. The maximum atomic E-state index is 12.9. The Bertz CT molecular complexity index is 961. The lowest BCUT2D eigenvalue weighted by molar-refractivity contribution is -0.274. The lowest BCUT2D eigenvalue weighted by Gasteiger charge is -2.30. The van der Waals surface area contributed by atoms with Crippen LogP contribution in [0.15, 0.2) is 22.1 Å². The summed E-state index contributed by atoms with van der Waals surface area (Å²) in [4.78, 5) is 10.4. The van der Waals surface area contributed by atoms with Gasteiger partial charge in [0.2, 0.25) is 0 Å². The fourth-order valence-electron chi connectivity index (χ4n) is 2.99. The second kappa shape index (κ2) is 6.84. The molecule has 0 unspecified atom stereocenters. The van der Waals surface area contributed by atoms with Crippen molar-refractivity contribution in [1.82, 2.24) is 15.3 Å². The minimum atomic E-state index is -4.90. The number of hydrogen-bond acceptors (Lipinski definition) is 7. The zero-order valence-electron chi connectivity index (χ0n) is 14.0. The summed E-state index contributed by atoms with van der Waals surface area (Å²) in [5, 5.41) is 5.40. The van der Waals surface area contributed by atoms with Gasteiger partial charge in [0.05, 0.1) is 10.6 Å². The highest BCUT2D eigenvalue weighted by molar-refractivity contribution is 7.13. The van der Waals surface area contributed by atoms with Crippen LogP contribution in [0.2, 0.25) is 5.02 Å². The summed E-state index contributed by atoms with van der Waals surface area (Å²) in [7, 11) is 0. The molecule has 144 valence electrons. The Morgan fingerprint density at radius 1 is 1.44 bits per heavy atom. The predicted molar refractivity (Wildman–Crippen MR) is 96.5 cm³/mol. The Hall–Kier alpha value is -2.04. The molecule has 1 atom stereocenters. The fourth-order valence-corrected chi connectivity index (χ4v) is 3.87. The van der Waals surface area contributed by atoms with Gasteiger partial charge in [-0.1, -0.05) is 11.6 Å². The van der Waals surface area contributed by atoms with Crippen molar-refractivity contribution in [1.29, 1.82) is 0 Å². The van der Waals surface area contributed by atoms with Crippen molar-refractivity contribution >= 4 is 40.1 Å². The lowest BCUT2D eigenvalue weighted by atomic mass is 10.2. The first-order valence-corrected chi connectivity index (χ1v) is 9.34. The number of ether oxygens (including phenoxy) is 1. The van der Waals surface area contributed by atoms with Crippen molar-refractivity contribution < 1.29 is 22.3 Å². The molecule has 27 heavy (non-hydrogen) atoms. The van der Waals surface area contributed by atoms with E-state index in [-0.39, 0.29) is 28.2 Å². The van der Waals surface area contributed by atoms with Crippen LogP contribution < -0.4 is 15.0 Å². The molecule has 1 aromatic carbocycles. The summed E-state index contributed by atoms with van der Waals surface area (Å²) in [6.07, 6.45) is -3.31. The molecule has 0 bridgehead atoms. The van der Waals surface area contributed by atoms with Gasteiger partial charge in [0.15, 0.2) is 16.8 Å². The summed E-state index contributed by atoms with van der Waals surface area (Å²) in [6, 6.07) is 1.78. The van der Waals surface area contributed by atoms with Gasteiger partial charge in [0.1, 0.15) is 5.01 Å². The first-order valence-electron chi connectivity index (χ1n) is 8.09. The number of rotatable bonds is 3. The van der Waals surface area contributed by atoms with Crippen LogP contribution in [0.3, 0.4) is 0 Å².